The number of anilines is 2. The van der Waals surface area contributed by atoms with Crippen molar-refractivity contribution in [3.8, 4) is 11.5 Å². The lowest BCUT2D eigenvalue weighted by atomic mass is 10.1. The van der Waals surface area contributed by atoms with Crippen molar-refractivity contribution in [2.45, 2.75) is 31.7 Å². The van der Waals surface area contributed by atoms with Crippen LogP contribution in [0, 0.1) is 0 Å². The van der Waals surface area contributed by atoms with E-state index >= 15 is 0 Å². The number of hydrogen-bond acceptors (Lipinski definition) is 8. The normalized spacial score (nSPS) is 17.8. The van der Waals surface area contributed by atoms with Gasteiger partial charge in [-0.25, -0.2) is 9.97 Å². The van der Waals surface area contributed by atoms with Gasteiger partial charge in [-0.05, 0) is 49.9 Å². The van der Waals surface area contributed by atoms with Crippen molar-refractivity contribution in [2.24, 2.45) is 0 Å². The molecule has 3 aromatic rings. The fourth-order valence-electron chi connectivity index (χ4n) is 4.82. The third-order valence-corrected chi connectivity index (χ3v) is 6.75. The number of carbonyl (C=O) groups is 1. The SMILES string of the molecule is COc1cc(CCc2cc(NC(=O)c3cnc(N4CCN5CCCC5C4)cn3)n[nH]2)cc(OC)c1. The first-order chi connectivity index (χ1) is 17.1. The van der Waals surface area contributed by atoms with Crippen LogP contribution < -0.4 is 19.7 Å². The Labute approximate surface area is 204 Å². The molecule has 2 N–H and O–H groups in total. The van der Waals surface area contributed by atoms with Crippen LogP contribution >= 0.6 is 0 Å². The molecule has 35 heavy (non-hydrogen) atoms. The zero-order chi connectivity index (χ0) is 24.2. The van der Waals surface area contributed by atoms with E-state index in [4.69, 9.17) is 9.47 Å². The molecular formula is C25H31N7O3. The minimum atomic E-state index is -0.333. The van der Waals surface area contributed by atoms with Gasteiger partial charge in [0.1, 0.15) is 23.0 Å². The molecule has 2 saturated heterocycles. The monoisotopic (exact) mass is 477 g/mol. The number of hydrogen-bond donors (Lipinski definition) is 2. The van der Waals surface area contributed by atoms with Crippen LogP contribution in [-0.4, -0.2) is 77.4 Å². The van der Waals surface area contributed by atoms with E-state index < -0.39 is 0 Å². The molecule has 10 nitrogen and oxygen atoms in total. The number of fused-ring (bicyclic) bond motifs is 1. The molecule has 10 heteroatoms. The summed E-state index contributed by atoms with van der Waals surface area (Å²) in [5.74, 6) is 2.45. The maximum atomic E-state index is 12.7. The Bertz CT molecular complexity index is 1140. The van der Waals surface area contributed by atoms with Gasteiger partial charge in [0.25, 0.3) is 5.91 Å². The zero-order valence-corrected chi connectivity index (χ0v) is 20.2. The first-order valence-corrected chi connectivity index (χ1v) is 12.0. The van der Waals surface area contributed by atoms with Crippen LogP contribution in [0.4, 0.5) is 11.6 Å². The average molecular weight is 478 g/mol. The quantitative estimate of drug-likeness (QED) is 0.510. The largest absolute Gasteiger partial charge is 0.497 e. The molecule has 0 radical (unpaired) electrons. The second kappa shape index (κ2) is 10.3. The van der Waals surface area contributed by atoms with Crippen molar-refractivity contribution in [3.63, 3.8) is 0 Å². The number of aromatic nitrogens is 4. The number of carbonyl (C=O) groups excluding carboxylic acids is 1. The molecule has 0 spiro atoms. The number of aryl methyl sites for hydroxylation is 2. The zero-order valence-electron chi connectivity index (χ0n) is 20.2. The predicted octanol–water partition coefficient (Wildman–Crippen LogP) is 2.54. The first-order valence-electron chi connectivity index (χ1n) is 12.0. The summed E-state index contributed by atoms with van der Waals surface area (Å²) >= 11 is 0. The van der Waals surface area contributed by atoms with Gasteiger partial charge in [-0.3, -0.25) is 14.8 Å². The maximum absolute atomic E-state index is 12.7. The minimum Gasteiger partial charge on any atom is -0.497 e. The number of aromatic amines is 1. The van der Waals surface area contributed by atoms with E-state index in [9.17, 15) is 4.79 Å². The molecule has 2 aromatic heterocycles. The van der Waals surface area contributed by atoms with Crippen molar-refractivity contribution >= 4 is 17.5 Å². The molecule has 0 bridgehead atoms. The summed E-state index contributed by atoms with van der Waals surface area (Å²) in [7, 11) is 3.27. The van der Waals surface area contributed by atoms with Crippen LogP contribution in [-0.2, 0) is 12.8 Å². The number of nitrogens with zero attached hydrogens (tertiary/aromatic N) is 5. The van der Waals surface area contributed by atoms with Gasteiger partial charge in [-0.2, -0.15) is 5.10 Å². The van der Waals surface area contributed by atoms with Crippen LogP contribution in [0.25, 0.3) is 0 Å². The third kappa shape index (κ3) is 5.37. The molecular weight excluding hydrogens is 446 g/mol. The van der Waals surface area contributed by atoms with Crippen molar-refractivity contribution < 1.29 is 14.3 Å². The number of methoxy groups -OCH3 is 2. The Balaban J connectivity index is 1.15. The molecule has 0 saturated carbocycles. The van der Waals surface area contributed by atoms with Crippen LogP contribution in [0.1, 0.15) is 34.6 Å². The van der Waals surface area contributed by atoms with Crippen LogP contribution in [0.15, 0.2) is 36.7 Å². The Kier molecular flexibility index (Phi) is 6.80. The van der Waals surface area contributed by atoms with Crippen LogP contribution in [0.3, 0.4) is 0 Å². The fourth-order valence-corrected chi connectivity index (χ4v) is 4.82. The number of ether oxygens (including phenoxy) is 2. The second-order valence-electron chi connectivity index (χ2n) is 8.99. The van der Waals surface area contributed by atoms with E-state index in [1.807, 2.05) is 24.3 Å². The summed E-state index contributed by atoms with van der Waals surface area (Å²) in [5, 5.41) is 10.0. The number of piperazine rings is 1. The van der Waals surface area contributed by atoms with Crippen molar-refractivity contribution in [1.82, 2.24) is 25.1 Å². The molecule has 4 heterocycles. The summed E-state index contributed by atoms with van der Waals surface area (Å²) in [6, 6.07) is 8.25. The van der Waals surface area contributed by atoms with Gasteiger partial charge in [0.05, 0.1) is 26.6 Å². The van der Waals surface area contributed by atoms with Gasteiger partial charge in [0.2, 0.25) is 0 Å². The van der Waals surface area contributed by atoms with E-state index in [1.54, 1.807) is 20.4 Å². The summed E-state index contributed by atoms with van der Waals surface area (Å²) in [6.45, 7) is 4.17. The molecule has 1 unspecified atom stereocenters. The molecule has 1 atom stereocenters. The Morgan fingerprint density at radius 2 is 1.89 bits per heavy atom. The lowest BCUT2D eigenvalue weighted by Gasteiger charge is -2.37. The summed E-state index contributed by atoms with van der Waals surface area (Å²) in [5.41, 5.74) is 2.27. The number of amides is 1. The molecule has 2 fully saturated rings. The highest BCUT2D eigenvalue weighted by Crippen LogP contribution is 2.25. The van der Waals surface area contributed by atoms with Crippen LogP contribution in [0.2, 0.25) is 0 Å². The summed E-state index contributed by atoms with van der Waals surface area (Å²) in [6.07, 6.45) is 7.23. The Hall–Kier alpha value is -3.66. The lowest BCUT2D eigenvalue weighted by Crippen LogP contribution is -2.50. The highest BCUT2D eigenvalue weighted by atomic mass is 16.5. The highest BCUT2D eigenvalue weighted by molar-refractivity contribution is 6.02. The number of rotatable bonds is 8. The van der Waals surface area contributed by atoms with Crippen molar-refractivity contribution in [1.29, 1.82) is 0 Å². The van der Waals surface area contributed by atoms with Gasteiger partial charge in [0, 0.05) is 43.5 Å². The van der Waals surface area contributed by atoms with Gasteiger partial charge < -0.3 is 19.7 Å². The first kappa shape index (κ1) is 23.1. The second-order valence-corrected chi connectivity index (χ2v) is 8.99. The molecule has 1 amide bonds. The van der Waals surface area contributed by atoms with Gasteiger partial charge in [-0.1, -0.05) is 0 Å². The van der Waals surface area contributed by atoms with Crippen LogP contribution in [0.5, 0.6) is 11.5 Å². The minimum absolute atomic E-state index is 0.265. The molecule has 184 valence electrons. The van der Waals surface area contributed by atoms with E-state index in [1.165, 1.54) is 25.6 Å². The predicted molar refractivity (Wildman–Crippen MR) is 132 cm³/mol. The molecule has 1 aromatic carbocycles. The lowest BCUT2D eigenvalue weighted by molar-refractivity contribution is 0.102. The third-order valence-electron chi connectivity index (χ3n) is 6.75. The number of nitrogens with one attached hydrogen (secondary N) is 2. The Morgan fingerprint density at radius 3 is 2.63 bits per heavy atom. The van der Waals surface area contributed by atoms with Gasteiger partial charge >= 0.3 is 0 Å². The van der Waals surface area contributed by atoms with Crippen molar-refractivity contribution in [2.75, 3.05) is 50.6 Å². The topological polar surface area (TPSA) is 109 Å². The fraction of sp³-hybridized carbons (Fsp3) is 0.440. The van der Waals surface area contributed by atoms with E-state index in [0.717, 1.165) is 61.1 Å². The molecule has 5 rings (SSSR count). The summed E-state index contributed by atoms with van der Waals surface area (Å²) in [4.78, 5) is 26.4. The van der Waals surface area contributed by atoms with E-state index in [0.29, 0.717) is 11.9 Å². The smallest absolute Gasteiger partial charge is 0.277 e. The highest BCUT2D eigenvalue weighted by Gasteiger charge is 2.31. The number of benzene rings is 1. The summed E-state index contributed by atoms with van der Waals surface area (Å²) < 4.78 is 10.7. The van der Waals surface area contributed by atoms with E-state index in [-0.39, 0.29) is 11.6 Å². The van der Waals surface area contributed by atoms with Crippen molar-refractivity contribution in [3.05, 3.63) is 53.6 Å². The Morgan fingerprint density at radius 1 is 1.06 bits per heavy atom. The maximum Gasteiger partial charge on any atom is 0.277 e. The molecule has 2 aliphatic heterocycles. The van der Waals surface area contributed by atoms with Gasteiger partial charge in [0.15, 0.2) is 5.82 Å². The molecule has 0 aliphatic carbocycles. The average Bonchev–Trinajstić information content (AvgIpc) is 3.56. The number of H-pyrrole nitrogens is 1. The standard InChI is InChI=1S/C25H31N7O3/c1-34-20-10-17(11-21(13-20)35-2)5-6-18-12-23(30-29-18)28-25(33)22-14-27-24(15-26-22)32-9-8-31-7-3-4-19(31)16-32/h10-15,19H,3-9,16H2,1-2H3,(H2,28,29,30,33). The van der Waals surface area contributed by atoms with E-state index in [2.05, 4.69) is 35.3 Å². The van der Waals surface area contributed by atoms with Gasteiger partial charge in [-0.15, -0.1) is 0 Å². The molecule has 2 aliphatic rings.